The van der Waals surface area contributed by atoms with Crippen LogP contribution in [0.4, 0.5) is 10.5 Å². The SMILES string of the molecule is CC(C)N1CCN(CCN(C(=O)OC(C)(C)C)C2CCN(c3cccc(C=O)c3)CC2)CC1. The van der Waals surface area contributed by atoms with Gasteiger partial charge in [0.1, 0.15) is 11.9 Å². The highest BCUT2D eigenvalue weighted by molar-refractivity contribution is 5.77. The standard InChI is InChI=1S/C26H42N4O3/c1-21(2)28-16-13-27(14-17-28)15-18-30(25(32)33-26(3,4)5)23-9-11-29(12-10-23)24-8-6-7-22(19-24)20-31/h6-8,19-21,23H,9-18H2,1-5H3. The predicted molar refractivity (Wildman–Crippen MR) is 133 cm³/mol. The summed E-state index contributed by atoms with van der Waals surface area (Å²) in [6.07, 6.45) is 2.48. The molecule has 2 fully saturated rings. The summed E-state index contributed by atoms with van der Waals surface area (Å²) in [5.41, 5.74) is 1.27. The number of anilines is 1. The molecule has 1 amide bonds. The molecule has 0 saturated carbocycles. The Morgan fingerprint density at radius 3 is 2.36 bits per heavy atom. The molecular formula is C26H42N4O3. The Morgan fingerprint density at radius 1 is 1.12 bits per heavy atom. The van der Waals surface area contributed by atoms with E-state index < -0.39 is 5.60 Å². The molecule has 184 valence electrons. The van der Waals surface area contributed by atoms with Crippen LogP contribution in [0.25, 0.3) is 0 Å². The maximum Gasteiger partial charge on any atom is 0.410 e. The summed E-state index contributed by atoms with van der Waals surface area (Å²) in [4.78, 5) is 33.5. The fourth-order valence-electron chi connectivity index (χ4n) is 4.73. The lowest BCUT2D eigenvalue weighted by Crippen LogP contribution is -2.53. The van der Waals surface area contributed by atoms with E-state index in [0.717, 1.165) is 70.6 Å². The van der Waals surface area contributed by atoms with Crippen LogP contribution in [0.2, 0.25) is 0 Å². The lowest BCUT2D eigenvalue weighted by Gasteiger charge is -2.41. The van der Waals surface area contributed by atoms with Crippen molar-refractivity contribution in [2.45, 2.75) is 65.1 Å². The van der Waals surface area contributed by atoms with Gasteiger partial charge in [0.25, 0.3) is 0 Å². The molecule has 1 aromatic rings. The quantitative estimate of drug-likeness (QED) is 0.581. The molecule has 0 unspecified atom stereocenters. The van der Waals surface area contributed by atoms with Gasteiger partial charge >= 0.3 is 6.09 Å². The monoisotopic (exact) mass is 458 g/mol. The number of hydrogen-bond acceptors (Lipinski definition) is 6. The van der Waals surface area contributed by atoms with E-state index in [2.05, 4.69) is 34.6 Å². The molecular weight excluding hydrogens is 416 g/mol. The number of amides is 1. The lowest BCUT2D eigenvalue weighted by molar-refractivity contribution is 0.00952. The van der Waals surface area contributed by atoms with Crippen molar-refractivity contribution in [2.75, 3.05) is 57.3 Å². The minimum absolute atomic E-state index is 0.169. The van der Waals surface area contributed by atoms with E-state index in [4.69, 9.17) is 4.74 Å². The van der Waals surface area contributed by atoms with E-state index in [1.807, 2.05) is 43.9 Å². The molecule has 2 aliphatic rings. The molecule has 7 heteroatoms. The molecule has 1 aromatic carbocycles. The van der Waals surface area contributed by atoms with Crippen molar-refractivity contribution < 1.29 is 14.3 Å². The highest BCUT2D eigenvalue weighted by Gasteiger charge is 2.32. The molecule has 33 heavy (non-hydrogen) atoms. The number of carbonyl (C=O) groups is 2. The van der Waals surface area contributed by atoms with Crippen molar-refractivity contribution in [2.24, 2.45) is 0 Å². The maximum atomic E-state index is 13.1. The second-order valence-electron chi connectivity index (χ2n) is 10.6. The third kappa shape index (κ3) is 7.44. The van der Waals surface area contributed by atoms with E-state index in [1.54, 1.807) is 0 Å². The van der Waals surface area contributed by atoms with Crippen molar-refractivity contribution in [3.63, 3.8) is 0 Å². The van der Waals surface area contributed by atoms with Crippen LogP contribution < -0.4 is 4.90 Å². The highest BCUT2D eigenvalue weighted by Crippen LogP contribution is 2.25. The van der Waals surface area contributed by atoms with Crippen LogP contribution in [0.3, 0.4) is 0 Å². The zero-order valence-corrected chi connectivity index (χ0v) is 21.1. The summed E-state index contributed by atoms with van der Waals surface area (Å²) >= 11 is 0. The Bertz CT molecular complexity index is 776. The average molecular weight is 459 g/mol. The van der Waals surface area contributed by atoms with Gasteiger partial charge < -0.3 is 14.5 Å². The Labute approximate surface area is 199 Å². The molecule has 0 aliphatic carbocycles. The first kappa shape index (κ1) is 25.5. The summed E-state index contributed by atoms with van der Waals surface area (Å²) in [6.45, 7) is 17.9. The molecule has 2 aliphatic heterocycles. The number of carbonyl (C=O) groups excluding carboxylic acids is 2. The third-order valence-electron chi connectivity index (χ3n) is 6.70. The zero-order chi connectivity index (χ0) is 24.0. The van der Waals surface area contributed by atoms with Crippen LogP contribution in [0, 0.1) is 0 Å². The van der Waals surface area contributed by atoms with Crippen LogP contribution in [-0.4, -0.2) is 97.1 Å². The number of benzene rings is 1. The predicted octanol–water partition coefficient (Wildman–Crippen LogP) is 3.73. The minimum Gasteiger partial charge on any atom is -0.444 e. The Morgan fingerprint density at radius 2 is 1.79 bits per heavy atom. The summed E-state index contributed by atoms with van der Waals surface area (Å²) in [6, 6.07) is 8.50. The average Bonchev–Trinajstić information content (AvgIpc) is 2.79. The van der Waals surface area contributed by atoms with Gasteiger partial charge in [-0.05, 0) is 59.6 Å². The first-order chi connectivity index (χ1) is 15.7. The molecule has 2 saturated heterocycles. The van der Waals surface area contributed by atoms with Gasteiger partial charge in [0.2, 0.25) is 0 Å². The van der Waals surface area contributed by atoms with Gasteiger partial charge in [0, 0.05) is 75.7 Å². The van der Waals surface area contributed by atoms with Gasteiger partial charge in [-0.2, -0.15) is 0 Å². The minimum atomic E-state index is -0.506. The van der Waals surface area contributed by atoms with Crippen LogP contribution >= 0.6 is 0 Å². The van der Waals surface area contributed by atoms with Gasteiger partial charge in [0.15, 0.2) is 0 Å². The zero-order valence-electron chi connectivity index (χ0n) is 21.1. The van der Waals surface area contributed by atoms with Crippen molar-refractivity contribution >= 4 is 18.1 Å². The van der Waals surface area contributed by atoms with Gasteiger partial charge in [-0.1, -0.05) is 12.1 Å². The first-order valence-electron chi connectivity index (χ1n) is 12.4. The largest absolute Gasteiger partial charge is 0.444 e. The van der Waals surface area contributed by atoms with Crippen LogP contribution in [0.1, 0.15) is 57.8 Å². The number of piperidine rings is 1. The molecule has 0 radical (unpaired) electrons. The molecule has 0 aromatic heterocycles. The summed E-state index contributed by atoms with van der Waals surface area (Å²) in [5, 5.41) is 0. The van der Waals surface area contributed by atoms with E-state index >= 15 is 0 Å². The van der Waals surface area contributed by atoms with Gasteiger partial charge in [-0.15, -0.1) is 0 Å². The molecule has 2 heterocycles. The van der Waals surface area contributed by atoms with E-state index in [1.165, 1.54) is 0 Å². The smallest absolute Gasteiger partial charge is 0.410 e. The van der Waals surface area contributed by atoms with Crippen LogP contribution in [-0.2, 0) is 4.74 Å². The third-order valence-corrected chi connectivity index (χ3v) is 6.70. The fraction of sp³-hybridized carbons (Fsp3) is 0.692. The summed E-state index contributed by atoms with van der Waals surface area (Å²) in [7, 11) is 0. The summed E-state index contributed by atoms with van der Waals surface area (Å²) < 4.78 is 5.79. The topological polar surface area (TPSA) is 56.3 Å². The molecule has 0 N–H and O–H groups in total. The van der Waals surface area contributed by atoms with Crippen molar-refractivity contribution in [1.29, 1.82) is 0 Å². The molecule has 0 spiro atoms. The molecule has 0 bridgehead atoms. The summed E-state index contributed by atoms with van der Waals surface area (Å²) in [5.74, 6) is 0. The number of nitrogens with zero attached hydrogens (tertiary/aromatic N) is 4. The lowest BCUT2D eigenvalue weighted by atomic mass is 10.0. The molecule has 7 nitrogen and oxygen atoms in total. The Balaban J connectivity index is 1.60. The highest BCUT2D eigenvalue weighted by atomic mass is 16.6. The van der Waals surface area contributed by atoms with E-state index in [-0.39, 0.29) is 12.1 Å². The van der Waals surface area contributed by atoms with E-state index in [9.17, 15) is 9.59 Å². The fourth-order valence-corrected chi connectivity index (χ4v) is 4.73. The van der Waals surface area contributed by atoms with Gasteiger partial charge in [-0.25, -0.2) is 4.79 Å². The molecule has 0 atom stereocenters. The maximum absolute atomic E-state index is 13.1. The van der Waals surface area contributed by atoms with Crippen LogP contribution in [0.5, 0.6) is 0 Å². The number of aldehydes is 1. The number of hydrogen-bond donors (Lipinski definition) is 0. The molecule has 3 rings (SSSR count). The number of ether oxygens (including phenoxy) is 1. The Hall–Kier alpha value is -2.12. The van der Waals surface area contributed by atoms with Crippen molar-refractivity contribution in [3.8, 4) is 0 Å². The number of piperazine rings is 1. The second kappa shape index (κ2) is 11.3. The van der Waals surface area contributed by atoms with E-state index in [0.29, 0.717) is 18.2 Å². The van der Waals surface area contributed by atoms with Crippen molar-refractivity contribution in [1.82, 2.24) is 14.7 Å². The van der Waals surface area contributed by atoms with Gasteiger partial charge in [-0.3, -0.25) is 14.6 Å². The van der Waals surface area contributed by atoms with Crippen LogP contribution in [0.15, 0.2) is 24.3 Å². The Kier molecular flexibility index (Phi) is 8.76. The number of rotatable bonds is 7. The van der Waals surface area contributed by atoms with Gasteiger partial charge in [0.05, 0.1) is 0 Å². The second-order valence-corrected chi connectivity index (χ2v) is 10.6. The first-order valence-corrected chi connectivity index (χ1v) is 12.4. The van der Waals surface area contributed by atoms with Crippen molar-refractivity contribution in [3.05, 3.63) is 29.8 Å². The normalized spacial score (nSPS) is 19.0.